The molecule has 0 radical (unpaired) electrons. The second-order valence-corrected chi connectivity index (χ2v) is 4.82. The van der Waals surface area contributed by atoms with Gasteiger partial charge in [-0.3, -0.25) is 4.79 Å². The number of carbonyl (C=O) groups is 1. The van der Waals surface area contributed by atoms with Gasteiger partial charge in [0.05, 0.1) is 24.7 Å². The first-order valence-corrected chi connectivity index (χ1v) is 7.79. The second kappa shape index (κ2) is 8.12. The van der Waals surface area contributed by atoms with E-state index >= 15 is 0 Å². The number of amides is 1. The zero-order chi connectivity index (χ0) is 16.7. The van der Waals surface area contributed by atoms with Crippen LogP contribution in [0.1, 0.15) is 31.3 Å². The van der Waals surface area contributed by atoms with Crippen LogP contribution in [-0.2, 0) is 0 Å². The number of ether oxygens (including phenoxy) is 1. The van der Waals surface area contributed by atoms with E-state index in [9.17, 15) is 4.79 Å². The van der Waals surface area contributed by atoms with Gasteiger partial charge in [0.2, 0.25) is 0 Å². The summed E-state index contributed by atoms with van der Waals surface area (Å²) < 4.78 is 5.56. The molecule has 6 heteroatoms. The summed E-state index contributed by atoms with van der Waals surface area (Å²) in [6, 6.07) is 7.61. The molecule has 2 rings (SSSR count). The molecular weight excluding hydrogens is 292 g/mol. The van der Waals surface area contributed by atoms with Crippen molar-refractivity contribution in [1.29, 1.82) is 0 Å². The lowest BCUT2D eigenvalue weighted by molar-refractivity contribution is 0.0766. The average Bonchev–Trinajstić information content (AvgIpc) is 2.58. The predicted molar refractivity (Wildman–Crippen MR) is 90.2 cm³/mol. The van der Waals surface area contributed by atoms with Gasteiger partial charge in [0.25, 0.3) is 5.91 Å². The first kappa shape index (κ1) is 16.7. The van der Waals surface area contributed by atoms with Gasteiger partial charge in [0.1, 0.15) is 17.3 Å². The van der Waals surface area contributed by atoms with Gasteiger partial charge in [0.15, 0.2) is 0 Å². The van der Waals surface area contributed by atoms with Gasteiger partial charge in [-0.15, -0.1) is 0 Å². The van der Waals surface area contributed by atoms with Gasteiger partial charge in [-0.05, 0) is 32.9 Å². The molecule has 0 saturated heterocycles. The topological polar surface area (TPSA) is 67.3 Å². The fourth-order valence-electron chi connectivity index (χ4n) is 2.17. The molecule has 6 nitrogen and oxygen atoms in total. The lowest BCUT2D eigenvalue weighted by Gasteiger charge is -2.17. The van der Waals surface area contributed by atoms with Crippen molar-refractivity contribution in [2.45, 2.75) is 20.8 Å². The van der Waals surface area contributed by atoms with Crippen molar-refractivity contribution >= 4 is 17.4 Å². The highest BCUT2D eigenvalue weighted by Crippen LogP contribution is 2.26. The molecule has 2 aromatic rings. The number of nitrogens with one attached hydrogen (secondary N) is 1. The first-order chi connectivity index (χ1) is 11.2. The van der Waals surface area contributed by atoms with Crippen LogP contribution in [0.3, 0.4) is 0 Å². The molecule has 1 amide bonds. The fourth-order valence-corrected chi connectivity index (χ4v) is 2.17. The van der Waals surface area contributed by atoms with Crippen molar-refractivity contribution in [2.24, 2.45) is 0 Å². The Morgan fingerprint density at radius 3 is 2.48 bits per heavy atom. The minimum atomic E-state index is -0.108. The van der Waals surface area contributed by atoms with Gasteiger partial charge >= 0.3 is 0 Å². The number of carbonyl (C=O) groups excluding carboxylic acids is 1. The molecule has 0 unspecified atom stereocenters. The van der Waals surface area contributed by atoms with Gasteiger partial charge < -0.3 is 15.0 Å². The summed E-state index contributed by atoms with van der Waals surface area (Å²) in [4.78, 5) is 22.4. The van der Waals surface area contributed by atoms with Gasteiger partial charge in [-0.25, -0.2) is 9.97 Å². The predicted octanol–water partition coefficient (Wildman–Crippen LogP) is 3.10. The number of hydrogen-bond donors (Lipinski definition) is 1. The van der Waals surface area contributed by atoms with Crippen LogP contribution in [0, 0.1) is 0 Å². The molecule has 0 fully saturated rings. The van der Waals surface area contributed by atoms with Crippen molar-refractivity contribution in [1.82, 2.24) is 14.9 Å². The summed E-state index contributed by atoms with van der Waals surface area (Å²) in [5.41, 5.74) is 1.16. The van der Waals surface area contributed by atoms with E-state index in [1.165, 1.54) is 6.20 Å². The van der Waals surface area contributed by atoms with Crippen LogP contribution in [0.25, 0.3) is 0 Å². The monoisotopic (exact) mass is 314 g/mol. The van der Waals surface area contributed by atoms with E-state index in [2.05, 4.69) is 15.3 Å². The number of anilines is 2. The van der Waals surface area contributed by atoms with E-state index in [4.69, 9.17) is 4.74 Å². The highest BCUT2D eigenvalue weighted by atomic mass is 16.5. The quantitative estimate of drug-likeness (QED) is 0.850. The first-order valence-electron chi connectivity index (χ1n) is 7.79. The van der Waals surface area contributed by atoms with Crippen LogP contribution in [0.5, 0.6) is 5.75 Å². The molecule has 1 aromatic heterocycles. The third kappa shape index (κ3) is 4.18. The maximum Gasteiger partial charge on any atom is 0.274 e. The Labute approximate surface area is 136 Å². The van der Waals surface area contributed by atoms with E-state index < -0.39 is 0 Å². The lowest BCUT2D eigenvalue weighted by Crippen LogP contribution is -2.31. The maximum atomic E-state index is 12.2. The summed E-state index contributed by atoms with van der Waals surface area (Å²) >= 11 is 0. The van der Waals surface area contributed by atoms with E-state index in [0.717, 1.165) is 11.4 Å². The summed E-state index contributed by atoms with van der Waals surface area (Å²) in [6.45, 7) is 7.70. The largest absolute Gasteiger partial charge is 0.492 e. The number of rotatable bonds is 7. The molecule has 0 saturated carbocycles. The SMILES string of the molecule is CCOc1ccccc1Nc1cnc(C(=O)N(CC)CC)cn1. The van der Waals surface area contributed by atoms with E-state index in [-0.39, 0.29) is 5.91 Å². The Morgan fingerprint density at radius 1 is 1.13 bits per heavy atom. The standard InChI is InChI=1S/C17H22N4O2/c1-4-21(5-2)17(22)14-11-19-16(12-18-14)20-13-9-7-8-10-15(13)23-6-3/h7-12H,4-6H2,1-3H3,(H,19,20). The van der Waals surface area contributed by atoms with Crippen molar-refractivity contribution in [3.05, 3.63) is 42.4 Å². The van der Waals surface area contributed by atoms with Gasteiger partial charge in [0, 0.05) is 13.1 Å². The number of hydrogen-bond acceptors (Lipinski definition) is 5. The Morgan fingerprint density at radius 2 is 1.87 bits per heavy atom. The fraction of sp³-hybridized carbons (Fsp3) is 0.353. The minimum absolute atomic E-state index is 0.108. The zero-order valence-electron chi connectivity index (χ0n) is 13.7. The summed E-state index contributed by atoms with van der Waals surface area (Å²) in [5, 5.41) is 3.16. The smallest absolute Gasteiger partial charge is 0.274 e. The highest BCUT2D eigenvalue weighted by Gasteiger charge is 2.14. The molecule has 1 heterocycles. The van der Waals surface area contributed by atoms with E-state index in [1.54, 1.807) is 11.1 Å². The average molecular weight is 314 g/mol. The molecule has 0 aliphatic heterocycles. The van der Waals surface area contributed by atoms with E-state index in [1.807, 2.05) is 45.0 Å². The van der Waals surface area contributed by atoms with Crippen LogP contribution in [-0.4, -0.2) is 40.5 Å². The van der Waals surface area contributed by atoms with E-state index in [0.29, 0.717) is 31.2 Å². The summed E-state index contributed by atoms with van der Waals surface area (Å²) in [5.74, 6) is 1.21. The number of nitrogens with zero attached hydrogens (tertiary/aromatic N) is 3. The second-order valence-electron chi connectivity index (χ2n) is 4.82. The van der Waals surface area contributed by atoms with Crippen LogP contribution < -0.4 is 10.1 Å². The Kier molecular flexibility index (Phi) is 5.91. The number of benzene rings is 1. The minimum Gasteiger partial charge on any atom is -0.492 e. The molecule has 122 valence electrons. The van der Waals surface area contributed by atoms with Crippen molar-refractivity contribution < 1.29 is 9.53 Å². The number of aromatic nitrogens is 2. The highest BCUT2D eigenvalue weighted by molar-refractivity contribution is 5.92. The van der Waals surface area contributed by atoms with Crippen molar-refractivity contribution in [3.8, 4) is 5.75 Å². The lowest BCUT2D eigenvalue weighted by atomic mass is 10.3. The number of para-hydroxylation sites is 2. The molecule has 0 spiro atoms. The normalized spacial score (nSPS) is 10.2. The molecule has 0 aliphatic carbocycles. The molecule has 0 aliphatic rings. The van der Waals surface area contributed by atoms with Gasteiger partial charge in [-0.2, -0.15) is 0 Å². The maximum absolute atomic E-state index is 12.2. The summed E-state index contributed by atoms with van der Waals surface area (Å²) in [7, 11) is 0. The van der Waals surface area contributed by atoms with Crippen LogP contribution in [0.15, 0.2) is 36.7 Å². The van der Waals surface area contributed by atoms with Gasteiger partial charge in [-0.1, -0.05) is 12.1 Å². The molecular formula is C17H22N4O2. The Bertz CT molecular complexity index is 639. The van der Waals surface area contributed by atoms with Crippen molar-refractivity contribution in [2.75, 3.05) is 25.0 Å². The third-order valence-corrected chi connectivity index (χ3v) is 3.37. The molecule has 23 heavy (non-hydrogen) atoms. The van der Waals surface area contributed by atoms with Crippen molar-refractivity contribution in [3.63, 3.8) is 0 Å². The molecule has 0 bridgehead atoms. The van der Waals surface area contributed by atoms with Crippen LogP contribution in [0.4, 0.5) is 11.5 Å². The Hall–Kier alpha value is -2.63. The molecule has 1 aromatic carbocycles. The van der Waals surface area contributed by atoms with Crippen LogP contribution >= 0.6 is 0 Å². The Balaban J connectivity index is 2.13. The van der Waals surface area contributed by atoms with Crippen LogP contribution in [0.2, 0.25) is 0 Å². The molecule has 0 atom stereocenters. The molecule has 1 N–H and O–H groups in total. The zero-order valence-corrected chi connectivity index (χ0v) is 13.7. The third-order valence-electron chi connectivity index (χ3n) is 3.37. The summed E-state index contributed by atoms with van der Waals surface area (Å²) in [6.07, 6.45) is 3.05.